The average Bonchev–Trinajstić information content (AvgIpc) is 2.38. The fourth-order valence-electron chi connectivity index (χ4n) is 1.76. The minimum atomic E-state index is -1.17. The molecule has 1 N–H and O–H groups in total. The molecule has 0 aliphatic heterocycles. The largest absolute Gasteiger partial charge is 0.477 e. The molecule has 0 aliphatic carbocycles. The molecule has 1 aromatic carbocycles. The topological polar surface area (TPSA) is 106 Å². The molecule has 0 atom stereocenters. The summed E-state index contributed by atoms with van der Waals surface area (Å²) in [6, 6.07) is 5.65. The van der Waals surface area contributed by atoms with E-state index in [2.05, 4.69) is 9.97 Å². The van der Waals surface area contributed by atoms with Gasteiger partial charge >= 0.3 is 5.97 Å². The average molecular weight is 273 g/mol. The minimum Gasteiger partial charge on any atom is -0.477 e. The first-order valence-corrected chi connectivity index (χ1v) is 5.73. The number of benzene rings is 1. The number of hydrogen-bond donors (Lipinski definition) is 1. The van der Waals surface area contributed by atoms with Crippen molar-refractivity contribution < 1.29 is 14.8 Å². The zero-order chi connectivity index (χ0) is 14.9. The maximum atomic E-state index is 11.0. The Morgan fingerprint density at radius 1 is 1.25 bits per heavy atom. The minimum absolute atomic E-state index is 0.0902. The highest BCUT2D eigenvalue weighted by molar-refractivity contribution is 5.86. The molecule has 0 saturated carbocycles. The monoisotopic (exact) mass is 273 g/mol. The Hall–Kier alpha value is -2.83. The summed E-state index contributed by atoms with van der Waals surface area (Å²) in [5.74, 6) is -0.997. The number of non-ortho nitro benzene ring substituents is 1. The van der Waals surface area contributed by atoms with Crippen LogP contribution >= 0.6 is 0 Å². The summed E-state index contributed by atoms with van der Waals surface area (Å²) in [4.78, 5) is 29.4. The first-order chi connectivity index (χ1) is 9.38. The zero-order valence-electron chi connectivity index (χ0n) is 10.8. The third kappa shape index (κ3) is 2.61. The summed E-state index contributed by atoms with van der Waals surface area (Å²) in [6.45, 7) is 3.40. The number of nitro benzene ring substituents is 1. The van der Waals surface area contributed by atoms with E-state index in [0.717, 1.165) is 5.56 Å². The lowest BCUT2D eigenvalue weighted by atomic mass is 10.1. The Balaban J connectivity index is 2.64. The summed E-state index contributed by atoms with van der Waals surface area (Å²) in [5, 5.41) is 19.8. The molecule has 0 radical (unpaired) electrons. The van der Waals surface area contributed by atoms with E-state index in [4.69, 9.17) is 5.11 Å². The molecule has 0 fully saturated rings. The molecule has 2 aromatic rings. The van der Waals surface area contributed by atoms with Crippen LogP contribution in [-0.4, -0.2) is 26.0 Å². The molecule has 0 saturated heterocycles. The fourth-order valence-corrected chi connectivity index (χ4v) is 1.76. The second-order valence-corrected chi connectivity index (χ2v) is 4.28. The van der Waals surface area contributed by atoms with Gasteiger partial charge in [0.2, 0.25) is 0 Å². The summed E-state index contributed by atoms with van der Waals surface area (Å²) in [5.41, 5.74) is 1.44. The van der Waals surface area contributed by atoms with Crippen LogP contribution in [0, 0.1) is 24.0 Å². The maximum Gasteiger partial charge on any atom is 0.354 e. The van der Waals surface area contributed by atoms with E-state index in [-0.39, 0.29) is 17.2 Å². The van der Waals surface area contributed by atoms with Crippen molar-refractivity contribution in [2.75, 3.05) is 0 Å². The summed E-state index contributed by atoms with van der Waals surface area (Å²) in [6.07, 6.45) is 0. The number of hydrogen-bond acceptors (Lipinski definition) is 5. The molecule has 7 nitrogen and oxygen atoms in total. The molecule has 0 unspecified atom stereocenters. The van der Waals surface area contributed by atoms with E-state index in [1.807, 2.05) is 0 Å². The highest BCUT2D eigenvalue weighted by Crippen LogP contribution is 2.25. The van der Waals surface area contributed by atoms with Crippen molar-refractivity contribution in [1.82, 2.24) is 9.97 Å². The second-order valence-electron chi connectivity index (χ2n) is 4.28. The zero-order valence-corrected chi connectivity index (χ0v) is 10.8. The van der Waals surface area contributed by atoms with Crippen molar-refractivity contribution >= 4 is 11.7 Å². The standard InChI is InChI=1S/C13H11N3O4/c1-7-3-4-9(16(19)20)6-10(7)12-14-8(2)5-11(15-12)13(17)18/h3-6H,1-2H3,(H,17,18). The van der Waals surface area contributed by atoms with E-state index in [9.17, 15) is 14.9 Å². The number of nitro groups is 1. The van der Waals surface area contributed by atoms with Crippen LogP contribution in [0.1, 0.15) is 21.7 Å². The number of carboxylic acids is 1. The maximum absolute atomic E-state index is 11.0. The van der Waals surface area contributed by atoms with E-state index < -0.39 is 10.9 Å². The normalized spacial score (nSPS) is 10.3. The predicted molar refractivity (Wildman–Crippen MR) is 70.6 cm³/mol. The van der Waals surface area contributed by atoms with Gasteiger partial charge in [-0.15, -0.1) is 0 Å². The molecule has 102 valence electrons. The van der Waals surface area contributed by atoms with Crippen LogP contribution in [0.3, 0.4) is 0 Å². The molecule has 20 heavy (non-hydrogen) atoms. The lowest BCUT2D eigenvalue weighted by Crippen LogP contribution is -2.05. The molecule has 0 bridgehead atoms. The number of carbonyl (C=O) groups is 1. The molecule has 0 amide bonds. The predicted octanol–water partition coefficient (Wildman–Crippen LogP) is 2.37. The SMILES string of the molecule is Cc1cc(C(=O)O)nc(-c2cc([N+](=O)[O-])ccc2C)n1. The second kappa shape index (κ2) is 5.04. The van der Waals surface area contributed by atoms with E-state index >= 15 is 0 Å². The fraction of sp³-hybridized carbons (Fsp3) is 0.154. The Morgan fingerprint density at radius 2 is 1.95 bits per heavy atom. The smallest absolute Gasteiger partial charge is 0.354 e. The molecule has 1 aromatic heterocycles. The van der Waals surface area contributed by atoms with Gasteiger partial charge in [-0.05, 0) is 25.5 Å². The van der Waals surface area contributed by atoms with Crippen LogP contribution < -0.4 is 0 Å². The van der Waals surface area contributed by atoms with Gasteiger partial charge in [0, 0.05) is 23.4 Å². The van der Waals surface area contributed by atoms with Gasteiger partial charge in [-0.1, -0.05) is 6.07 Å². The number of rotatable bonds is 3. The first kappa shape index (κ1) is 13.6. The number of aromatic nitrogens is 2. The van der Waals surface area contributed by atoms with Crippen LogP contribution in [0.15, 0.2) is 24.3 Å². The Bertz CT molecular complexity index is 713. The highest BCUT2D eigenvalue weighted by Gasteiger charge is 2.15. The van der Waals surface area contributed by atoms with Crippen molar-refractivity contribution in [2.24, 2.45) is 0 Å². The molecular weight excluding hydrogens is 262 g/mol. The van der Waals surface area contributed by atoms with Gasteiger partial charge in [-0.25, -0.2) is 14.8 Å². The van der Waals surface area contributed by atoms with Gasteiger partial charge in [-0.2, -0.15) is 0 Å². The lowest BCUT2D eigenvalue weighted by Gasteiger charge is -2.06. The summed E-state index contributed by atoms with van der Waals surface area (Å²) < 4.78 is 0. The van der Waals surface area contributed by atoms with Crippen LogP contribution in [0.5, 0.6) is 0 Å². The van der Waals surface area contributed by atoms with Crippen molar-refractivity contribution in [3.05, 3.63) is 51.3 Å². The van der Waals surface area contributed by atoms with Gasteiger partial charge in [0.25, 0.3) is 5.69 Å². The number of carboxylic acid groups (broad SMARTS) is 1. The van der Waals surface area contributed by atoms with Crippen molar-refractivity contribution in [1.29, 1.82) is 0 Å². The summed E-state index contributed by atoms with van der Waals surface area (Å²) in [7, 11) is 0. The number of aromatic carboxylic acids is 1. The highest BCUT2D eigenvalue weighted by atomic mass is 16.6. The van der Waals surface area contributed by atoms with Gasteiger partial charge in [0.05, 0.1) is 4.92 Å². The number of nitrogens with zero attached hydrogens (tertiary/aromatic N) is 3. The number of aryl methyl sites for hydroxylation is 2. The molecular formula is C13H11N3O4. The van der Waals surface area contributed by atoms with Crippen molar-refractivity contribution in [3.63, 3.8) is 0 Å². The van der Waals surface area contributed by atoms with E-state index in [0.29, 0.717) is 11.3 Å². The van der Waals surface area contributed by atoms with Gasteiger partial charge in [0.1, 0.15) is 0 Å². The van der Waals surface area contributed by atoms with Crippen LogP contribution in [0.2, 0.25) is 0 Å². The third-order valence-electron chi connectivity index (χ3n) is 2.75. The molecule has 2 rings (SSSR count). The first-order valence-electron chi connectivity index (χ1n) is 5.73. The Labute approximate surface area is 114 Å². The van der Waals surface area contributed by atoms with Crippen LogP contribution in [0.4, 0.5) is 5.69 Å². The molecule has 0 aliphatic rings. The van der Waals surface area contributed by atoms with Crippen LogP contribution in [0.25, 0.3) is 11.4 Å². The van der Waals surface area contributed by atoms with E-state index in [1.165, 1.54) is 18.2 Å². The third-order valence-corrected chi connectivity index (χ3v) is 2.75. The van der Waals surface area contributed by atoms with Gasteiger partial charge in [0.15, 0.2) is 11.5 Å². The molecule has 7 heteroatoms. The van der Waals surface area contributed by atoms with Crippen molar-refractivity contribution in [3.8, 4) is 11.4 Å². The van der Waals surface area contributed by atoms with Crippen molar-refractivity contribution in [2.45, 2.75) is 13.8 Å². The molecule has 1 heterocycles. The Kier molecular flexibility index (Phi) is 3.43. The van der Waals surface area contributed by atoms with Gasteiger partial charge < -0.3 is 5.11 Å². The van der Waals surface area contributed by atoms with Gasteiger partial charge in [-0.3, -0.25) is 10.1 Å². The van der Waals surface area contributed by atoms with E-state index in [1.54, 1.807) is 19.9 Å². The lowest BCUT2D eigenvalue weighted by molar-refractivity contribution is -0.384. The quantitative estimate of drug-likeness (QED) is 0.679. The Morgan fingerprint density at radius 3 is 2.55 bits per heavy atom. The van der Waals surface area contributed by atoms with Crippen LogP contribution in [-0.2, 0) is 0 Å². The summed E-state index contributed by atoms with van der Waals surface area (Å²) >= 11 is 0. The molecule has 0 spiro atoms.